The minimum absolute atomic E-state index is 0.372. The number of aromatic nitrogens is 1. The highest BCUT2D eigenvalue weighted by molar-refractivity contribution is 5.70. The van der Waals surface area contributed by atoms with Crippen LogP contribution in [0.5, 0.6) is 5.88 Å². The largest absolute Gasteiger partial charge is 0.481 e. The van der Waals surface area contributed by atoms with E-state index in [1.54, 1.807) is 12.3 Å². The summed E-state index contributed by atoms with van der Waals surface area (Å²) >= 11 is 0. The first-order chi connectivity index (χ1) is 7.19. The van der Waals surface area contributed by atoms with E-state index in [0.29, 0.717) is 18.7 Å². The summed E-state index contributed by atoms with van der Waals surface area (Å²) in [5.41, 5.74) is 0.842. The van der Waals surface area contributed by atoms with E-state index in [9.17, 15) is 4.79 Å². The van der Waals surface area contributed by atoms with Crippen molar-refractivity contribution in [2.45, 2.75) is 19.8 Å². The SMILES string of the molecule is CCC(Cc1cccnc1OC)C(=O)O. The number of aliphatic carboxylic acids is 1. The van der Waals surface area contributed by atoms with Gasteiger partial charge in [-0.05, 0) is 18.9 Å². The minimum Gasteiger partial charge on any atom is -0.481 e. The van der Waals surface area contributed by atoms with Crippen LogP contribution in [0.15, 0.2) is 18.3 Å². The number of ether oxygens (including phenoxy) is 1. The fourth-order valence-corrected chi connectivity index (χ4v) is 1.43. The zero-order chi connectivity index (χ0) is 11.3. The van der Waals surface area contributed by atoms with Crippen molar-refractivity contribution in [3.8, 4) is 5.88 Å². The van der Waals surface area contributed by atoms with E-state index in [1.165, 1.54) is 7.11 Å². The molecule has 0 saturated heterocycles. The molecule has 1 rings (SSSR count). The molecular formula is C11H15NO3. The second-order valence-electron chi connectivity index (χ2n) is 3.32. The summed E-state index contributed by atoms with van der Waals surface area (Å²) in [4.78, 5) is 14.9. The number of hydrogen-bond acceptors (Lipinski definition) is 3. The van der Waals surface area contributed by atoms with E-state index in [4.69, 9.17) is 9.84 Å². The fraction of sp³-hybridized carbons (Fsp3) is 0.455. The van der Waals surface area contributed by atoms with Gasteiger partial charge in [0.15, 0.2) is 0 Å². The van der Waals surface area contributed by atoms with Gasteiger partial charge in [-0.3, -0.25) is 4.79 Å². The zero-order valence-corrected chi connectivity index (χ0v) is 8.93. The maximum Gasteiger partial charge on any atom is 0.306 e. The summed E-state index contributed by atoms with van der Waals surface area (Å²) in [5.74, 6) is -0.635. The molecule has 0 aliphatic heterocycles. The molecule has 4 heteroatoms. The first kappa shape index (κ1) is 11.5. The van der Waals surface area contributed by atoms with E-state index in [0.717, 1.165) is 5.56 Å². The van der Waals surface area contributed by atoms with Gasteiger partial charge in [-0.1, -0.05) is 13.0 Å². The number of carboxylic acid groups (broad SMARTS) is 1. The van der Waals surface area contributed by atoms with Crippen molar-refractivity contribution in [2.24, 2.45) is 5.92 Å². The molecule has 1 N–H and O–H groups in total. The van der Waals surface area contributed by atoms with Crippen LogP contribution in [0.2, 0.25) is 0 Å². The average Bonchev–Trinajstić information content (AvgIpc) is 2.25. The van der Waals surface area contributed by atoms with Gasteiger partial charge >= 0.3 is 5.97 Å². The molecular weight excluding hydrogens is 194 g/mol. The number of pyridine rings is 1. The molecule has 1 heterocycles. The number of methoxy groups -OCH3 is 1. The Balaban J connectivity index is 2.82. The van der Waals surface area contributed by atoms with Gasteiger partial charge < -0.3 is 9.84 Å². The number of nitrogens with zero attached hydrogens (tertiary/aromatic N) is 1. The van der Waals surface area contributed by atoms with Gasteiger partial charge in [-0.2, -0.15) is 0 Å². The van der Waals surface area contributed by atoms with Crippen molar-refractivity contribution < 1.29 is 14.6 Å². The molecule has 0 radical (unpaired) electrons. The van der Waals surface area contributed by atoms with Gasteiger partial charge in [-0.25, -0.2) is 4.98 Å². The second kappa shape index (κ2) is 5.34. The number of carboxylic acids is 1. The molecule has 1 unspecified atom stereocenters. The number of hydrogen-bond donors (Lipinski definition) is 1. The summed E-state index contributed by atoms with van der Waals surface area (Å²) in [6, 6.07) is 3.63. The lowest BCUT2D eigenvalue weighted by molar-refractivity contribution is -0.141. The van der Waals surface area contributed by atoms with Gasteiger partial charge in [0.05, 0.1) is 13.0 Å². The summed E-state index contributed by atoms with van der Waals surface area (Å²) in [6.45, 7) is 1.86. The van der Waals surface area contributed by atoms with Crippen LogP contribution in [0, 0.1) is 5.92 Å². The molecule has 15 heavy (non-hydrogen) atoms. The molecule has 1 aromatic rings. The van der Waals surface area contributed by atoms with Crippen LogP contribution in [0.4, 0.5) is 0 Å². The maximum absolute atomic E-state index is 10.9. The van der Waals surface area contributed by atoms with Gasteiger partial charge in [-0.15, -0.1) is 0 Å². The molecule has 0 saturated carbocycles. The molecule has 0 aliphatic carbocycles. The van der Waals surface area contributed by atoms with Crippen LogP contribution in [-0.4, -0.2) is 23.2 Å². The van der Waals surface area contributed by atoms with Crippen LogP contribution in [-0.2, 0) is 11.2 Å². The van der Waals surface area contributed by atoms with Crippen LogP contribution in [0.25, 0.3) is 0 Å². The van der Waals surface area contributed by atoms with Gasteiger partial charge in [0, 0.05) is 11.8 Å². The predicted octanol–water partition coefficient (Wildman–Crippen LogP) is 1.74. The number of carbonyl (C=O) groups is 1. The van der Waals surface area contributed by atoms with E-state index >= 15 is 0 Å². The lowest BCUT2D eigenvalue weighted by Crippen LogP contribution is -2.15. The fourth-order valence-electron chi connectivity index (χ4n) is 1.43. The standard InChI is InChI=1S/C11H15NO3/c1-3-8(11(13)14)7-9-5-4-6-12-10(9)15-2/h4-6,8H,3,7H2,1-2H3,(H,13,14). The number of rotatable bonds is 5. The van der Waals surface area contributed by atoms with Crippen molar-refractivity contribution in [1.82, 2.24) is 4.98 Å². The predicted molar refractivity (Wildman–Crippen MR) is 55.9 cm³/mol. The first-order valence-electron chi connectivity index (χ1n) is 4.89. The Labute approximate surface area is 88.9 Å². The Bertz CT molecular complexity index is 338. The monoisotopic (exact) mass is 209 g/mol. The van der Waals surface area contributed by atoms with E-state index < -0.39 is 5.97 Å². The third kappa shape index (κ3) is 2.94. The lowest BCUT2D eigenvalue weighted by atomic mass is 9.98. The highest BCUT2D eigenvalue weighted by Gasteiger charge is 2.17. The van der Waals surface area contributed by atoms with Gasteiger partial charge in [0.25, 0.3) is 0 Å². The normalized spacial score (nSPS) is 12.1. The smallest absolute Gasteiger partial charge is 0.306 e. The molecule has 82 valence electrons. The quantitative estimate of drug-likeness (QED) is 0.802. The van der Waals surface area contributed by atoms with Crippen molar-refractivity contribution in [3.05, 3.63) is 23.9 Å². The average molecular weight is 209 g/mol. The van der Waals surface area contributed by atoms with E-state index in [1.807, 2.05) is 13.0 Å². The summed E-state index contributed by atoms with van der Waals surface area (Å²) < 4.78 is 5.07. The Hall–Kier alpha value is -1.58. The Morgan fingerprint density at radius 3 is 2.93 bits per heavy atom. The summed E-state index contributed by atoms with van der Waals surface area (Å²) in [6.07, 6.45) is 2.69. The van der Waals surface area contributed by atoms with E-state index in [2.05, 4.69) is 4.98 Å². The topological polar surface area (TPSA) is 59.4 Å². The first-order valence-corrected chi connectivity index (χ1v) is 4.89. The Morgan fingerprint density at radius 1 is 1.67 bits per heavy atom. The summed E-state index contributed by atoms with van der Waals surface area (Å²) in [5, 5.41) is 8.94. The minimum atomic E-state index is -0.775. The maximum atomic E-state index is 10.9. The van der Waals surface area contributed by atoms with Crippen molar-refractivity contribution in [2.75, 3.05) is 7.11 Å². The third-order valence-electron chi connectivity index (χ3n) is 2.35. The second-order valence-corrected chi connectivity index (χ2v) is 3.32. The molecule has 1 aromatic heterocycles. The van der Waals surface area contributed by atoms with Gasteiger partial charge in [0.1, 0.15) is 0 Å². The van der Waals surface area contributed by atoms with Crippen LogP contribution >= 0.6 is 0 Å². The third-order valence-corrected chi connectivity index (χ3v) is 2.35. The van der Waals surface area contributed by atoms with Gasteiger partial charge in [0.2, 0.25) is 5.88 Å². The van der Waals surface area contributed by atoms with Crippen molar-refractivity contribution in [1.29, 1.82) is 0 Å². The molecule has 0 spiro atoms. The highest BCUT2D eigenvalue weighted by atomic mass is 16.5. The molecule has 4 nitrogen and oxygen atoms in total. The van der Waals surface area contributed by atoms with Crippen LogP contribution in [0.3, 0.4) is 0 Å². The molecule has 0 bridgehead atoms. The Kier molecular flexibility index (Phi) is 4.09. The lowest BCUT2D eigenvalue weighted by Gasteiger charge is -2.11. The Morgan fingerprint density at radius 2 is 2.40 bits per heavy atom. The molecule has 1 atom stereocenters. The molecule has 0 aromatic carbocycles. The molecule has 0 fully saturated rings. The van der Waals surface area contributed by atoms with Crippen molar-refractivity contribution >= 4 is 5.97 Å². The highest BCUT2D eigenvalue weighted by Crippen LogP contribution is 2.19. The summed E-state index contributed by atoms with van der Waals surface area (Å²) in [7, 11) is 1.54. The van der Waals surface area contributed by atoms with Crippen LogP contribution < -0.4 is 4.74 Å². The van der Waals surface area contributed by atoms with Crippen molar-refractivity contribution in [3.63, 3.8) is 0 Å². The molecule has 0 aliphatic rings. The van der Waals surface area contributed by atoms with E-state index in [-0.39, 0.29) is 5.92 Å². The van der Waals surface area contributed by atoms with Crippen LogP contribution in [0.1, 0.15) is 18.9 Å². The zero-order valence-electron chi connectivity index (χ0n) is 8.93. The molecule has 0 amide bonds.